The molecule has 0 saturated carbocycles. The molecule has 0 aliphatic rings. The van der Waals surface area contributed by atoms with Crippen molar-refractivity contribution in [3.05, 3.63) is 33.2 Å². The summed E-state index contributed by atoms with van der Waals surface area (Å²) in [6, 6.07) is 0.189. The molecular weight excluding hydrogens is 336 g/mol. The van der Waals surface area contributed by atoms with E-state index in [-0.39, 0.29) is 9.23 Å². The van der Waals surface area contributed by atoms with Gasteiger partial charge in [-0.1, -0.05) is 11.6 Å². The summed E-state index contributed by atoms with van der Waals surface area (Å²) in [6.07, 6.45) is 1.57. The van der Waals surface area contributed by atoms with Gasteiger partial charge in [0.05, 0.1) is 5.69 Å². The molecule has 10 heteroatoms. The van der Waals surface area contributed by atoms with Crippen molar-refractivity contribution in [2.75, 3.05) is 0 Å². The Morgan fingerprint density at radius 2 is 2.24 bits per heavy atom. The van der Waals surface area contributed by atoms with Crippen LogP contribution in [0.15, 0.2) is 22.5 Å². The summed E-state index contributed by atoms with van der Waals surface area (Å²) < 4.78 is 27.6. The lowest BCUT2D eigenvalue weighted by Crippen LogP contribution is -2.38. The second-order valence-corrected chi connectivity index (χ2v) is 7.52. The number of amides is 1. The molecule has 0 spiro atoms. The molecule has 0 bridgehead atoms. The van der Waals surface area contributed by atoms with Crippen LogP contribution >= 0.6 is 22.9 Å². The number of aromatic nitrogens is 2. The van der Waals surface area contributed by atoms with Gasteiger partial charge in [0, 0.05) is 18.8 Å². The number of carbonyl (C=O) groups is 1. The van der Waals surface area contributed by atoms with Gasteiger partial charge in [-0.2, -0.15) is 5.10 Å². The van der Waals surface area contributed by atoms with Crippen molar-refractivity contribution in [3.8, 4) is 0 Å². The van der Waals surface area contributed by atoms with Crippen LogP contribution in [0.2, 0.25) is 4.34 Å². The van der Waals surface area contributed by atoms with Gasteiger partial charge in [-0.05, 0) is 18.4 Å². The van der Waals surface area contributed by atoms with E-state index < -0.39 is 22.0 Å². The van der Waals surface area contributed by atoms with Crippen LogP contribution < -0.4 is 10.5 Å². The highest BCUT2D eigenvalue weighted by molar-refractivity contribution is 7.90. The molecule has 114 valence electrons. The smallest absolute Gasteiger partial charge is 0.266 e. The van der Waals surface area contributed by atoms with Gasteiger partial charge in [0.1, 0.15) is 15.3 Å². The second-order valence-electron chi connectivity index (χ2n) is 4.35. The van der Waals surface area contributed by atoms with E-state index in [0.717, 1.165) is 11.3 Å². The Hall–Kier alpha value is -1.42. The molecule has 0 saturated heterocycles. The van der Waals surface area contributed by atoms with Crippen molar-refractivity contribution >= 4 is 38.9 Å². The topological polar surface area (TPSA) is 107 Å². The number of halogens is 1. The number of rotatable bonds is 4. The Morgan fingerprint density at radius 1 is 1.57 bits per heavy atom. The van der Waals surface area contributed by atoms with Crippen LogP contribution in [0.1, 0.15) is 17.3 Å². The number of hydrogen-bond donors (Lipinski definition) is 2. The number of nitrogens with one attached hydrogen (secondary N) is 1. The minimum absolute atomic E-state index is 0.0847. The van der Waals surface area contributed by atoms with Crippen LogP contribution in [0.3, 0.4) is 0 Å². The number of sulfonamides is 1. The van der Waals surface area contributed by atoms with Gasteiger partial charge in [-0.3, -0.25) is 9.48 Å². The van der Waals surface area contributed by atoms with Gasteiger partial charge in [-0.25, -0.2) is 13.1 Å². The highest BCUT2D eigenvalue weighted by Gasteiger charge is 2.27. The highest BCUT2D eigenvalue weighted by atomic mass is 35.5. The Bertz CT molecular complexity index is 781. The fourth-order valence-electron chi connectivity index (χ4n) is 1.79. The molecule has 21 heavy (non-hydrogen) atoms. The van der Waals surface area contributed by atoms with Crippen molar-refractivity contribution in [2.45, 2.75) is 17.9 Å². The quantitative estimate of drug-likeness (QED) is 0.855. The molecule has 2 aromatic rings. The summed E-state index contributed by atoms with van der Waals surface area (Å²) in [6.45, 7) is 1.69. The summed E-state index contributed by atoms with van der Waals surface area (Å²) in [7, 11) is -2.35. The molecule has 3 N–H and O–H groups in total. The summed E-state index contributed by atoms with van der Waals surface area (Å²) in [4.78, 5) is 11.9. The zero-order valence-electron chi connectivity index (χ0n) is 11.2. The van der Waals surface area contributed by atoms with E-state index >= 15 is 0 Å². The van der Waals surface area contributed by atoms with Crippen LogP contribution in [-0.4, -0.2) is 24.1 Å². The van der Waals surface area contributed by atoms with E-state index in [9.17, 15) is 13.2 Å². The SMILES string of the molecule is Cc1nn(C)cc1C(N)C(=O)NS(=O)(=O)c1ccsc1Cl. The summed E-state index contributed by atoms with van der Waals surface area (Å²) in [5.41, 5.74) is 6.81. The molecule has 2 heterocycles. The van der Waals surface area contributed by atoms with Gasteiger partial charge >= 0.3 is 0 Å². The lowest BCUT2D eigenvalue weighted by molar-refractivity contribution is -0.120. The third-order valence-electron chi connectivity index (χ3n) is 2.78. The van der Waals surface area contributed by atoms with Crippen LogP contribution in [-0.2, 0) is 21.9 Å². The van der Waals surface area contributed by atoms with Gasteiger partial charge < -0.3 is 5.73 Å². The zero-order valence-corrected chi connectivity index (χ0v) is 13.6. The number of thiophene rings is 1. The van der Waals surface area contributed by atoms with E-state index in [1.165, 1.54) is 16.1 Å². The Balaban J connectivity index is 2.22. The van der Waals surface area contributed by atoms with Crippen molar-refractivity contribution in [3.63, 3.8) is 0 Å². The lowest BCUT2D eigenvalue weighted by atomic mass is 10.1. The Kier molecular flexibility index (Phi) is 4.38. The van der Waals surface area contributed by atoms with Crippen molar-refractivity contribution < 1.29 is 13.2 Å². The number of nitrogens with zero attached hydrogens (tertiary/aromatic N) is 2. The second kappa shape index (κ2) is 5.76. The summed E-state index contributed by atoms with van der Waals surface area (Å²) in [5, 5.41) is 5.58. The van der Waals surface area contributed by atoms with E-state index in [0.29, 0.717) is 11.3 Å². The summed E-state index contributed by atoms with van der Waals surface area (Å²) in [5.74, 6) is -0.839. The Morgan fingerprint density at radius 3 is 2.71 bits per heavy atom. The first kappa shape index (κ1) is 16.0. The third kappa shape index (κ3) is 3.26. The molecule has 1 atom stereocenters. The lowest BCUT2D eigenvalue weighted by Gasteiger charge is -2.11. The molecule has 0 fully saturated rings. The predicted molar refractivity (Wildman–Crippen MR) is 79.5 cm³/mol. The van der Waals surface area contributed by atoms with Gasteiger partial charge in [0.25, 0.3) is 15.9 Å². The van der Waals surface area contributed by atoms with E-state index in [1.54, 1.807) is 20.2 Å². The van der Waals surface area contributed by atoms with Crippen molar-refractivity contribution in [2.24, 2.45) is 12.8 Å². The largest absolute Gasteiger partial charge is 0.316 e. The summed E-state index contributed by atoms with van der Waals surface area (Å²) >= 11 is 6.84. The van der Waals surface area contributed by atoms with Crippen LogP contribution in [0.5, 0.6) is 0 Å². The average molecular weight is 349 g/mol. The molecule has 2 rings (SSSR count). The van der Waals surface area contributed by atoms with Crippen LogP contribution in [0.25, 0.3) is 0 Å². The molecule has 0 radical (unpaired) electrons. The zero-order chi connectivity index (χ0) is 15.8. The fourth-order valence-corrected chi connectivity index (χ4v) is 4.34. The minimum Gasteiger partial charge on any atom is -0.316 e. The van der Waals surface area contributed by atoms with Crippen molar-refractivity contribution in [1.82, 2.24) is 14.5 Å². The van der Waals surface area contributed by atoms with Crippen LogP contribution in [0.4, 0.5) is 0 Å². The van der Waals surface area contributed by atoms with Gasteiger partial charge in [0.2, 0.25) is 0 Å². The number of nitrogens with two attached hydrogens (primary N) is 1. The van der Waals surface area contributed by atoms with Gasteiger partial charge in [0.15, 0.2) is 0 Å². The molecule has 7 nitrogen and oxygen atoms in total. The molecule has 0 aliphatic carbocycles. The standard InChI is InChI=1S/C11H13ClN4O3S2/c1-6-7(5-16(2)14-6)9(13)11(17)15-21(18,19)8-3-4-20-10(8)12/h3-5,9H,13H2,1-2H3,(H,15,17). The predicted octanol–water partition coefficient (Wildman–Crippen LogP) is 0.948. The molecule has 0 aliphatic heterocycles. The fraction of sp³-hybridized carbons (Fsp3) is 0.273. The monoisotopic (exact) mass is 348 g/mol. The Labute approximate surface area is 130 Å². The number of carbonyl (C=O) groups excluding carboxylic acids is 1. The molecule has 1 amide bonds. The first-order valence-electron chi connectivity index (χ1n) is 5.77. The third-order valence-corrected chi connectivity index (χ3v) is 5.58. The average Bonchev–Trinajstić information content (AvgIpc) is 2.94. The normalized spacial score (nSPS) is 13.1. The highest BCUT2D eigenvalue weighted by Crippen LogP contribution is 2.27. The maximum Gasteiger partial charge on any atom is 0.266 e. The molecule has 2 aromatic heterocycles. The van der Waals surface area contributed by atoms with Crippen molar-refractivity contribution in [1.29, 1.82) is 0 Å². The molecule has 0 aromatic carbocycles. The maximum atomic E-state index is 12.1. The minimum atomic E-state index is -4.03. The van der Waals surface area contributed by atoms with E-state index in [2.05, 4.69) is 5.10 Å². The first-order valence-corrected chi connectivity index (χ1v) is 8.52. The number of aryl methyl sites for hydroxylation is 2. The van der Waals surface area contributed by atoms with Crippen LogP contribution in [0, 0.1) is 6.92 Å². The molecular formula is C11H13ClN4O3S2. The van der Waals surface area contributed by atoms with E-state index in [4.69, 9.17) is 17.3 Å². The maximum absolute atomic E-state index is 12.1. The number of hydrogen-bond acceptors (Lipinski definition) is 6. The van der Waals surface area contributed by atoms with Gasteiger partial charge in [-0.15, -0.1) is 11.3 Å². The first-order chi connectivity index (χ1) is 9.72. The van der Waals surface area contributed by atoms with E-state index in [1.807, 2.05) is 4.72 Å². The molecule has 1 unspecified atom stereocenters.